The molecule has 21 heavy (non-hydrogen) atoms. The number of rotatable bonds is 2. The number of anilines is 2. The first kappa shape index (κ1) is 14.1. The monoisotopic (exact) mass is 344 g/mol. The van der Waals surface area contributed by atoms with Crippen molar-refractivity contribution in [2.24, 2.45) is 0 Å². The zero-order chi connectivity index (χ0) is 15.0. The van der Waals surface area contributed by atoms with Gasteiger partial charge in [-0.15, -0.1) is 10.2 Å². The highest BCUT2D eigenvalue weighted by Crippen LogP contribution is 2.36. The largest absolute Gasteiger partial charge is 0.482 e. The molecular formula is C11H6Cl2N4O3S. The Labute approximate surface area is 132 Å². The second kappa shape index (κ2) is 5.47. The van der Waals surface area contributed by atoms with E-state index in [-0.39, 0.29) is 27.0 Å². The molecule has 0 saturated heterocycles. The van der Waals surface area contributed by atoms with Crippen LogP contribution in [0.25, 0.3) is 0 Å². The fourth-order valence-electron chi connectivity index (χ4n) is 1.67. The predicted octanol–water partition coefficient (Wildman–Crippen LogP) is 2.43. The average molecular weight is 345 g/mol. The first-order valence-electron chi connectivity index (χ1n) is 5.59. The molecule has 0 unspecified atom stereocenters. The summed E-state index contributed by atoms with van der Waals surface area (Å²) in [6.07, 6.45) is 0. The van der Waals surface area contributed by atoms with E-state index < -0.39 is 5.91 Å². The molecule has 0 aliphatic carbocycles. The van der Waals surface area contributed by atoms with Crippen molar-refractivity contribution in [3.05, 3.63) is 26.6 Å². The molecule has 2 N–H and O–H groups in total. The van der Waals surface area contributed by atoms with Gasteiger partial charge in [0.15, 0.2) is 6.61 Å². The number of ether oxygens (including phenoxy) is 1. The van der Waals surface area contributed by atoms with E-state index in [1.807, 2.05) is 0 Å². The maximum atomic E-state index is 12.0. The van der Waals surface area contributed by atoms with Crippen LogP contribution in [-0.2, 0) is 4.79 Å². The van der Waals surface area contributed by atoms with Crippen LogP contribution in [0.1, 0.15) is 9.80 Å². The molecule has 2 aromatic rings. The van der Waals surface area contributed by atoms with E-state index in [0.717, 1.165) is 11.3 Å². The van der Waals surface area contributed by atoms with Gasteiger partial charge in [0.05, 0.1) is 16.4 Å². The van der Waals surface area contributed by atoms with Crippen LogP contribution in [0.4, 0.5) is 11.4 Å². The minimum Gasteiger partial charge on any atom is -0.482 e. The lowest BCUT2D eigenvalue weighted by atomic mass is 10.2. The minimum atomic E-state index is -0.485. The minimum absolute atomic E-state index is 0.0893. The average Bonchev–Trinajstić information content (AvgIpc) is 2.86. The molecular weight excluding hydrogens is 339 g/mol. The highest BCUT2D eigenvalue weighted by atomic mass is 35.5. The van der Waals surface area contributed by atoms with Crippen molar-refractivity contribution < 1.29 is 14.3 Å². The molecule has 0 spiro atoms. The van der Waals surface area contributed by atoms with Crippen LogP contribution in [0.5, 0.6) is 5.75 Å². The molecule has 0 radical (unpaired) electrons. The molecule has 7 nitrogen and oxygen atoms in total. The quantitative estimate of drug-likeness (QED) is 0.872. The fourth-order valence-corrected chi connectivity index (χ4v) is 2.60. The SMILES string of the molecule is O=C1COc2cc(NC(=O)c3nnc(Cl)s3)c(Cl)cc2N1. The van der Waals surface area contributed by atoms with E-state index in [4.69, 9.17) is 27.9 Å². The Hall–Kier alpha value is -1.90. The van der Waals surface area contributed by atoms with Gasteiger partial charge in [0.25, 0.3) is 11.8 Å². The number of aromatic nitrogens is 2. The summed E-state index contributed by atoms with van der Waals surface area (Å²) < 4.78 is 5.42. The van der Waals surface area contributed by atoms with Crippen molar-refractivity contribution in [2.75, 3.05) is 17.2 Å². The van der Waals surface area contributed by atoms with E-state index in [1.54, 1.807) is 0 Å². The lowest BCUT2D eigenvalue weighted by Crippen LogP contribution is -2.25. The number of carbonyl (C=O) groups is 2. The highest BCUT2D eigenvalue weighted by Gasteiger charge is 2.20. The van der Waals surface area contributed by atoms with Crippen molar-refractivity contribution in [1.29, 1.82) is 0 Å². The Morgan fingerprint density at radius 2 is 2.19 bits per heavy atom. The van der Waals surface area contributed by atoms with Crippen LogP contribution in [0.3, 0.4) is 0 Å². The van der Waals surface area contributed by atoms with E-state index in [0.29, 0.717) is 17.1 Å². The van der Waals surface area contributed by atoms with E-state index in [9.17, 15) is 9.59 Å². The predicted molar refractivity (Wildman–Crippen MR) is 78.4 cm³/mol. The summed E-state index contributed by atoms with van der Waals surface area (Å²) in [5.41, 5.74) is 0.788. The highest BCUT2D eigenvalue weighted by molar-refractivity contribution is 7.17. The van der Waals surface area contributed by atoms with Crippen LogP contribution in [-0.4, -0.2) is 28.6 Å². The number of hydrogen-bond donors (Lipinski definition) is 2. The van der Waals surface area contributed by atoms with Crippen LogP contribution < -0.4 is 15.4 Å². The van der Waals surface area contributed by atoms with Gasteiger partial charge in [-0.1, -0.05) is 22.9 Å². The van der Waals surface area contributed by atoms with Crippen LogP contribution in [0, 0.1) is 0 Å². The molecule has 1 aromatic carbocycles. The van der Waals surface area contributed by atoms with Gasteiger partial charge >= 0.3 is 0 Å². The van der Waals surface area contributed by atoms with Gasteiger partial charge in [0.1, 0.15) is 5.75 Å². The van der Waals surface area contributed by atoms with Crippen molar-refractivity contribution >= 4 is 57.7 Å². The van der Waals surface area contributed by atoms with Gasteiger partial charge in [-0.2, -0.15) is 0 Å². The number of halogens is 2. The second-order valence-electron chi connectivity index (χ2n) is 3.98. The van der Waals surface area contributed by atoms with Gasteiger partial charge in [-0.25, -0.2) is 0 Å². The lowest BCUT2D eigenvalue weighted by molar-refractivity contribution is -0.118. The summed E-state index contributed by atoms with van der Waals surface area (Å²) in [7, 11) is 0. The number of benzene rings is 1. The summed E-state index contributed by atoms with van der Waals surface area (Å²) in [5.74, 6) is -0.329. The van der Waals surface area contributed by atoms with Gasteiger partial charge in [0, 0.05) is 6.07 Å². The topological polar surface area (TPSA) is 93.2 Å². The molecule has 0 saturated carbocycles. The van der Waals surface area contributed by atoms with Crippen molar-refractivity contribution in [3.63, 3.8) is 0 Å². The molecule has 1 aliphatic heterocycles. The first-order chi connectivity index (χ1) is 10.0. The van der Waals surface area contributed by atoms with Gasteiger partial charge in [-0.05, 0) is 17.7 Å². The molecule has 0 fully saturated rings. The van der Waals surface area contributed by atoms with E-state index in [2.05, 4.69) is 20.8 Å². The van der Waals surface area contributed by atoms with Crippen molar-refractivity contribution in [1.82, 2.24) is 10.2 Å². The number of carbonyl (C=O) groups excluding carboxylic acids is 2. The fraction of sp³-hybridized carbons (Fsp3) is 0.0909. The van der Waals surface area contributed by atoms with Crippen molar-refractivity contribution in [2.45, 2.75) is 0 Å². The Morgan fingerprint density at radius 1 is 1.38 bits per heavy atom. The third kappa shape index (κ3) is 2.92. The number of nitrogens with one attached hydrogen (secondary N) is 2. The molecule has 1 aliphatic rings. The number of amides is 2. The number of hydrogen-bond acceptors (Lipinski definition) is 6. The summed E-state index contributed by atoms with van der Waals surface area (Å²) in [5, 5.41) is 12.8. The van der Waals surface area contributed by atoms with Crippen LogP contribution in [0.2, 0.25) is 9.49 Å². The maximum absolute atomic E-state index is 12.0. The molecule has 0 bridgehead atoms. The zero-order valence-corrected chi connectivity index (χ0v) is 12.5. The maximum Gasteiger partial charge on any atom is 0.286 e. The zero-order valence-electron chi connectivity index (χ0n) is 10.1. The Bertz CT molecular complexity index is 749. The van der Waals surface area contributed by atoms with Crippen LogP contribution in [0.15, 0.2) is 12.1 Å². The Balaban J connectivity index is 1.86. The molecule has 10 heteroatoms. The summed E-state index contributed by atoms with van der Waals surface area (Å²) >= 11 is 12.6. The van der Waals surface area contributed by atoms with Gasteiger partial charge < -0.3 is 15.4 Å². The lowest BCUT2D eigenvalue weighted by Gasteiger charge is -2.19. The molecule has 3 rings (SSSR count). The second-order valence-corrected chi connectivity index (χ2v) is 5.95. The Kier molecular flexibility index (Phi) is 3.66. The summed E-state index contributed by atoms with van der Waals surface area (Å²) in [6.45, 7) is -0.0893. The normalized spacial score (nSPS) is 13.1. The van der Waals surface area contributed by atoms with Crippen molar-refractivity contribution in [3.8, 4) is 5.75 Å². The first-order valence-corrected chi connectivity index (χ1v) is 7.17. The molecule has 2 heterocycles. The standard InChI is InChI=1S/C11H6Cl2N4O3S/c12-4-1-6-7(20-3-8(18)14-6)2-5(4)15-9(19)10-16-17-11(13)21-10/h1-2H,3H2,(H,14,18)(H,15,19). The molecule has 108 valence electrons. The summed E-state index contributed by atoms with van der Waals surface area (Å²) in [4.78, 5) is 23.2. The third-order valence-electron chi connectivity index (χ3n) is 2.54. The molecule has 0 atom stereocenters. The van der Waals surface area contributed by atoms with Gasteiger partial charge in [-0.3, -0.25) is 9.59 Å². The Morgan fingerprint density at radius 3 is 2.90 bits per heavy atom. The number of fused-ring (bicyclic) bond motifs is 1. The smallest absolute Gasteiger partial charge is 0.286 e. The van der Waals surface area contributed by atoms with E-state index >= 15 is 0 Å². The summed E-state index contributed by atoms with van der Waals surface area (Å²) in [6, 6.07) is 3.02. The van der Waals surface area contributed by atoms with Gasteiger partial charge in [0.2, 0.25) is 9.47 Å². The molecule has 2 amide bonds. The van der Waals surface area contributed by atoms with Crippen LogP contribution >= 0.6 is 34.5 Å². The third-order valence-corrected chi connectivity index (χ3v) is 3.88. The molecule has 1 aromatic heterocycles. The number of nitrogens with zero attached hydrogens (tertiary/aromatic N) is 2. The van der Waals surface area contributed by atoms with E-state index in [1.165, 1.54) is 12.1 Å².